The molecular formula is C17H15FN2O3. The Bertz CT molecular complexity index is 772. The molecule has 2 amide bonds. The number of primary amides is 1. The van der Waals surface area contributed by atoms with Crippen LogP contribution in [0.4, 0.5) is 10.1 Å². The highest BCUT2D eigenvalue weighted by molar-refractivity contribution is 6.03. The normalized spacial score (nSPS) is 10.5. The molecule has 23 heavy (non-hydrogen) atoms. The summed E-state index contributed by atoms with van der Waals surface area (Å²) in [6, 6.07) is 10.6. The standard InChI is InChI=1S/C17H15FN2O3/c1-23-15-7-5-11(9-14(15)18)6-8-16(21)20-13-4-2-3-12(10-13)17(19)22/h2-10H,1H3,(H2,19,22)(H,20,21). The molecule has 3 N–H and O–H groups in total. The molecule has 0 saturated carbocycles. The number of halogens is 1. The van der Waals surface area contributed by atoms with E-state index in [0.717, 1.165) is 0 Å². The Morgan fingerprint density at radius 3 is 2.65 bits per heavy atom. The van der Waals surface area contributed by atoms with Gasteiger partial charge in [0.1, 0.15) is 0 Å². The van der Waals surface area contributed by atoms with Crippen LogP contribution in [0.3, 0.4) is 0 Å². The molecule has 2 aromatic rings. The van der Waals surface area contributed by atoms with E-state index in [2.05, 4.69) is 5.32 Å². The van der Waals surface area contributed by atoms with E-state index in [1.165, 1.54) is 37.5 Å². The van der Waals surface area contributed by atoms with Gasteiger partial charge in [0.25, 0.3) is 0 Å². The Hall–Kier alpha value is -3.15. The Morgan fingerprint density at radius 2 is 2.00 bits per heavy atom. The van der Waals surface area contributed by atoms with Crippen LogP contribution in [-0.4, -0.2) is 18.9 Å². The lowest BCUT2D eigenvalue weighted by atomic mass is 10.2. The molecule has 6 heteroatoms. The van der Waals surface area contributed by atoms with Crippen LogP contribution < -0.4 is 15.8 Å². The third-order valence-corrected chi connectivity index (χ3v) is 3.02. The van der Waals surface area contributed by atoms with Crippen molar-refractivity contribution in [3.8, 4) is 5.75 Å². The summed E-state index contributed by atoms with van der Waals surface area (Å²) in [4.78, 5) is 22.9. The summed E-state index contributed by atoms with van der Waals surface area (Å²) in [5.41, 5.74) is 6.43. The summed E-state index contributed by atoms with van der Waals surface area (Å²) in [7, 11) is 1.38. The van der Waals surface area contributed by atoms with Gasteiger partial charge in [-0.15, -0.1) is 0 Å². The summed E-state index contributed by atoms with van der Waals surface area (Å²) in [6.07, 6.45) is 2.73. The highest BCUT2D eigenvalue weighted by Gasteiger charge is 2.04. The molecule has 2 aromatic carbocycles. The second-order valence-electron chi connectivity index (χ2n) is 4.66. The van der Waals surface area contributed by atoms with Crippen LogP contribution in [0.2, 0.25) is 0 Å². The van der Waals surface area contributed by atoms with Crippen LogP contribution in [0.15, 0.2) is 48.5 Å². The Kier molecular flexibility index (Phi) is 5.09. The fourth-order valence-corrected chi connectivity index (χ4v) is 1.89. The minimum atomic E-state index is -0.578. The molecule has 0 atom stereocenters. The number of carbonyl (C=O) groups is 2. The molecule has 0 fully saturated rings. The van der Waals surface area contributed by atoms with Gasteiger partial charge in [-0.25, -0.2) is 4.39 Å². The van der Waals surface area contributed by atoms with Crippen LogP contribution >= 0.6 is 0 Å². The van der Waals surface area contributed by atoms with Crippen LogP contribution in [0.1, 0.15) is 15.9 Å². The van der Waals surface area contributed by atoms with E-state index in [-0.39, 0.29) is 5.75 Å². The zero-order valence-corrected chi connectivity index (χ0v) is 12.4. The maximum absolute atomic E-state index is 13.5. The average molecular weight is 314 g/mol. The van der Waals surface area contributed by atoms with E-state index < -0.39 is 17.6 Å². The van der Waals surface area contributed by atoms with Crippen molar-refractivity contribution < 1.29 is 18.7 Å². The molecule has 0 bridgehead atoms. The molecule has 5 nitrogen and oxygen atoms in total. The number of amides is 2. The molecule has 0 aromatic heterocycles. The second kappa shape index (κ2) is 7.22. The average Bonchev–Trinajstić information content (AvgIpc) is 2.53. The first-order valence-electron chi connectivity index (χ1n) is 6.72. The number of ether oxygens (including phenoxy) is 1. The topological polar surface area (TPSA) is 81.4 Å². The van der Waals surface area contributed by atoms with Gasteiger partial charge in [0.15, 0.2) is 11.6 Å². The number of hydrogen-bond donors (Lipinski definition) is 2. The van der Waals surface area contributed by atoms with Crippen LogP contribution in [0.5, 0.6) is 5.75 Å². The van der Waals surface area contributed by atoms with E-state index in [9.17, 15) is 14.0 Å². The van der Waals surface area contributed by atoms with Gasteiger partial charge in [0, 0.05) is 17.3 Å². The smallest absolute Gasteiger partial charge is 0.248 e. The third kappa shape index (κ3) is 4.41. The number of rotatable bonds is 5. The largest absolute Gasteiger partial charge is 0.494 e. The fraction of sp³-hybridized carbons (Fsp3) is 0.0588. The number of methoxy groups -OCH3 is 1. The minimum absolute atomic E-state index is 0.134. The number of anilines is 1. The molecule has 0 saturated heterocycles. The molecule has 0 spiro atoms. The first-order chi connectivity index (χ1) is 11.0. The predicted molar refractivity (Wildman–Crippen MR) is 85.6 cm³/mol. The van der Waals surface area contributed by atoms with Crippen molar-refractivity contribution >= 4 is 23.6 Å². The fourth-order valence-electron chi connectivity index (χ4n) is 1.89. The van der Waals surface area contributed by atoms with E-state index >= 15 is 0 Å². The Balaban J connectivity index is 2.05. The molecular weight excluding hydrogens is 299 g/mol. The van der Waals surface area contributed by atoms with Gasteiger partial charge in [-0.05, 0) is 42.0 Å². The molecule has 2 rings (SSSR count). The maximum Gasteiger partial charge on any atom is 0.248 e. The Morgan fingerprint density at radius 1 is 1.22 bits per heavy atom. The van der Waals surface area contributed by atoms with Crippen molar-refractivity contribution in [1.29, 1.82) is 0 Å². The van der Waals surface area contributed by atoms with Crippen molar-refractivity contribution in [3.05, 3.63) is 65.5 Å². The number of benzene rings is 2. The zero-order valence-electron chi connectivity index (χ0n) is 12.4. The van der Waals surface area contributed by atoms with Crippen LogP contribution in [0, 0.1) is 5.82 Å². The van der Waals surface area contributed by atoms with Gasteiger partial charge in [-0.2, -0.15) is 0 Å². The minimum Gasteiger partial charge on any atom is -0.494 e. The molecule has 0 aliphatic carbocycles. The summed E-state index contributed by atoms with van der Waals surface area (Å²) in [5, 5.41) is 2.59. The first kappa shape index (κ1) is 16.2. The lowest BCUT2D eigenvalue weighted by molar-refractivity contribution is -0.111. The quantitative estimate of drug-likeness (QED) is 0.832. The van der Waals surface area contributed by atoms with E-state index in [4.69, 9.17) is 10.5 Å². The molecule has 0 radical (unpaired) electrons. The van der Waals surface area contributed by atoms with Crippen molar-refractivity contribution in [2.24, 2.45) is 5.73 Å². The van der Waals surface area contributed by atoms with Gasteiger partial charge in [-0.1, -0.05) is 12.1 Å². The summed E-state index contributed by atoms with van der Waals surface area (Å²) in [6.45, 7) is 0. The monoisotopic (exact) mass is 314 g/mol. The number of nitrogens with two attached hydrogens (primary N) is 1. The first-order valence-corrected chi connectivity index (χ1v) is 6.72. The molecule has 0 aliphatic heterocycles. The predicted octanol–water partition coefficient (Wildman–Crippen LogP) is 2.59. The van der Waals surface area contributed by atoms with Gasteiger partial charge in [0.2, 0.25) is 11.8 Å². The molecule has 0 aliphatic rings. The molecule has 118 valence electrons. The maximum atomic E-state index is 13.5. The lowest BCUT2D eigenvalue weighted by Crippen LogP contribution is -2.12. The van der Waals surface area contributed by atoms with Gasteiger partial charge in [0.05, 0.1) is 7.11 Å². The number of hydrogen-bond acceptors (Lipinski definition) is 3. The molecule has 0 unspecified atom stereocenters. The van der Waals surface area contributed by atoms with E-state index in [0.29, 0.717) is 16.8 Å². The van der Waals surface area contributed by atoms with Crippen LogP contribution in [0.25, 0.3) is 6.08 Å². The van der Waals surface area contributed by atoms with E-state index in [1.54, 1.807) is 24.3 Å². The van der Waals surface area contributed by atoms with Crippen molar-refractivity contribution in [2.75, 3.05) is 12.4 Å². The number of nitrogens with one attached hydrogen (secondary N) is 1. The summed E-state index contributed by atoms with van der Waals surface area (Å²) < 4.78 is 18.4. The van der Waals surface area contributed by atoms with Gasteiger partial charge in [-0.3, -0.25) is 9.59 Å². The zero-order chi connectivity index (χ0) is 16.8. The summed E-state index contributed by atoms with van der Waals surface area (Å²) in [5.74, 6) is -1.37. The summed E-state index contributed by atoms with van der Waals surface area (Å²) >= 11 is 0. The van der Waals surface area contributed by atoms with Gasteiger partial charge >= 0.3 is 0 Å². The highest BCUT2D eigenvalue weighted by Crippen LogP contribution is 2.18. The molecule has 0 heterocycles. The Labute approximate surface area is 132 Å². The van der Waals surface area contributed by atoms with Crippen molar-refractivity contribution in [3.63, 3.8) is 0 Å². The third-order valence-electron chi connectivity index (χ3n) is 3.02. The second-order valence-corrected chi connectivity index (χ2v) is 4.66. The number of carbonyl (C=O) groups excluding carboxylic acids is 2. The highest BCUT2D eigenvalue weighted by atomic mass is 19.1. The SMILES string of the molecule is COc1ccc(C=CC(=O)Nc2cccc(C(N)=O)c2)cc1F. The lowest BCUT2D eigenvalue weighted by Gasteiger charge is -2.04. The van der Waals surface area contributed by atoms with Crippen molar-refractivity contribution in [2.45, 2.75) is 0 Å². The van der Waals surface area contributed by atoms with E-state index in [1.807, 2.05) is 0 Å². The van der Waals surface area contributed by atoms with Crippen molar-refractivity contribution in [1.82, 2.24) is 0 Å². The van der Waals surface area contributed by atoms with Gasteiger partial charge < -0.3 is 15.8 Å². The van der Waals surface area contributed by atoms with Crippen LogP contribution in [-0.2, 0) is 4.79 Å².